The molecule has 1 saturated carbocycles. The van der Waals surface area contributed by atoms with Crippen LogP contribution in [0.3, 0.4) is 0 Å². The molecule has 0 spiro atoms. The molecule has 1 aromatic rings. The number of benzene rings is 1. The number of aromatic hydroxyl groups is 1. The van der Waals surface area contributed by atoms with E-state index in [1.807, 2.05) is 6.07 Å². The normalized spacial score (nSPS) is 26.4. The van der Waals surface area contributed by atoms with Crippen molar-refractivity contribution in [3.63, 3.8) is 0 Å². The van der Waals surface area contributed by atoms with Gasteiger partial charge < -0.3 is 9.84 Å². The molecule has 0 aromatic heterocycles. The molecule has 0 bridgehead atoms. The lowest BCUT2D eigenvalue weighted by Crippen LogP contribution is -2.47. The smallest absolute Gasteiger partial charge is 0.159 e. The topological polar surface area (TPSA) is 49.8 Å². The van der Waals surface area contributed by atoms with Crippen LogP contribution in [-0.4, -0.2) is 41.1 Å². The molecular formula is C16H21NO3. The lowest BCUT2D eigenvalue weighted by molar-refractivity contribution is -0.0590. The highest BCUT2D eigenvalue weighted by molar-refractivity contribution is 5.94. The zero-order valence-corrected chi connectivity index (χ0v) is 11.8. The summed E-state index contributed by atoms with van der Waals surface area (Å²) in [6, 6.07) is 5.58. The van der Waals surface area contributed by atoms with Crippen LogP contribution in [0, 0.1) is 0 Å². The number of ether oxygens (including phenoxy) is 1. The van der Waals surface area contributed by atoms with E-state index in [4.69, 9.17) is 4.74 Å². The largest absolute Gasteiger partial charge is 0.508 e. The first kappa shape index (κ1) is 13.6. The number of carbonyl (C=O) groups excluding carboxylic acids is 1. The van der Waals surface area contributed by atoms with E-state index in [2.05, 4.69) is 4.90 Å². The Morgan fingerprint density at radius 3 is 3.10 bits per heavy atom. The Morgan fingerprint density at radius 1 is 1.45 bits per heavy atom. The summed E-state index contributed by atoms with van der Waals surface area (Å²) in [5.74, 6) is 0.308. The third kappa shape index (κ3) is 2.58. The molecule has 4 heteroatoms. The van der Waals surface area contributed by atoms with Gasteiger partial charge in [-0.25, -0.2) is 0 Å². The third-order valence-corrected chi connectivity index (χ3v) is 4.46. The molecule has 1 aliphatic carbocycles. The molecule has 4 nitrogen and oxygen atoms in total. The fraction of sp³-hybridized carbons (Fsp3) is 0.562. The second-order valence-electron chi connectivity index (χ2n) is 5.78. The van der Waals surface area contributed by atoms with E-state index in [1.165, 1.54) is 6.42 Å². The molecule has 2 atom stereocenters. The molecule has 1 N–H and O–H groups in total. The fourth-order valence-corrected chi connectivity index (χ4v) is 3.35. The van der Waals surface area contributed by atoms with Gasteiger partial charge in [0.05, 0.1) is 12.7 Å². The van der Waals surface area contributed by atoms with Crippen LogP contribution < -0.4 is 0 Å². The molecule has 3 rings (SSSR count). The van der Waals surface area contributed by atoms with E-state index in [0.717, 1.165) is 31.6 Å². The zero-order valence-electron chi connectivity index (χ0n) is 11.8. The number of phenolic OH excluding ortho intramolecular Hbond substituents is 1. The van der Waals surface area contributed by atoms with Crippen LogP contribution in [0.15, 0.2) is 18.2 Å². The summed E-state index contributed by atoms with van der Waals surface area (Å²) in [7, 11) is 0. The molecule has 0 amide bonds. The van der Waals surface area contributed by atoms with Gasteiger partial charge in [-0.15, -0.1) is 0 Å². The van der Waals surface area contributed by atoms with Crippen molar-refractivity contribution < 1.29 is 14.6 Å². The Bertz CT molecular complexity index is 514. The van der Waals surface area contributed by atoms with Crippen LogP contribution in [0.5, 0.6) is 5.75 Å². The van der Waals surface area contributed by atoms with Crippen LogP contribution >= 0.6 is 0 Å². The van der Waals surface area contributed by atoms with Crippen LogP contribution in [0.25, 0.3) is 0 Å². The molecule has 1 saturated heterocycles. The highest BCUT2D eigenvalue weighted by Gasteiger charge is 2.36. The van der Waals surface area contributed by atoms with Crippen molar-refractivity contribution in [1.29, 1.82) is 0 Å². The highest BCUT2D eigenvalue weighted by Crippen LogP contribution is 2.32. The van der Waals surface area contributed by atoms with E-state index in [9.17, 15) is 9.90 Å². The Labute approximate surface area is 119 Å². The van der Waals surface area contributed by atoms with Crippen LogP contribution in [0.2, 0.25) is 0 Å². The van der Waals surface area contributed by atoms with Crippen molar-refractivity contribution in [3.05, 3.63) is 29.3 Å². The third-order valence-electron chi connectivity index (χ3n) is 4.46. The lowest BCUT2D eigenvalue weighted by atomic mass is 10.0. The van der Waals surface area contributed by atoms with E-state index in [1.54, 1.807) is 19.1 Å². The Kier molecular flexibility index (Phi) is 3.76. The van der Waals surface area contributed by atoms with Gasteiger partial charge in [-0.3, -0.25) is 9.69 Å². The monoisotopic (exact) mass is 275 g/mol. The Balaban J connectivity index is 1.79. The van der Waals surface area contributed by atoms with Crippen molar-refractivity contribution in [2.24, 2.45) is 0 Å². The van der Waals surface area contributed by atoms with Gasteiger partial charge in [0.25, 0.3) is 0 Å². The van der Waals surface area contributed by atoms with E-state index >= 15 is 0 Å². The van der Waals surface area contributed by atoms with Gasteiger partial charge in [0.15, 0.2) is 5.78 Å². The first-order chi connectivity index (χ1) is 9.65. The summed E-state index contributed by atoms with van der Waals surface area (Å²) in [4.78, 5) is 13.9. The molecule has 1 aromatic carbocycles. The maximum atomic E-state index is 11.5. The first-order valence-electron chi connectivity index (χ1n) is 7.33. The molecule has 1 aliphatic heterocycles. The van der Waals surface area contributed by atoms with E-state index < -0.39 is 0 Å². The van der Waals surface area contributed by atoms with Gasteiger partial charge in [0.1, 0.15) is 5.75 Å². The van der Waals surface area contributed by atoms with Crippen LogP contribution in [-0.2, 0) is 11.3 Å². The van der Waals surface area contributed by atoms with Gasteiger partial charge in [0.2, 0.25) is 0 Å². The molecule has 2 aliphatic rings. The average Bonchev–Trinajstić information content (AvgIpc) is 2.90. The summed E-state index contributed by atoms with van der Waals surface area (Å²) in [6.45, 7) is 3.90. The predicted molar refractivity (Wildman–Crippen MR) is 75.9 cm³/mol. The number of nitrogens with zero attached hydrogens (tertiary/aromatic N) is 1. The summed E-state index contributed by atoms with van der Waals surface area (Å²) in [6.07, 6.45) is 3.87. The predicted octanol–water partition coefficient (Wildman–Crippen LogP) is 2.35. The molecule has 108 valence electrons. The Morgan fingerprint density at radius 2 is 2.30 bits per heavy atom. The van der Waals surface area contributed by atoms with Crippen molar-refractivity contribution in [2.45, 2.75) is 44.9 Å². The number of morpholine rings is 1. The number of hydrogen-bond acceptors (Lipinski definition) is 4. The van der Waals surface area contributed by atoms with Gasteiger partial charge in [-0.1, -0.05) is 0 Å². The number of ketones is 1. The van der Waals surface area contributed by atoms with Gasteiger partial charge in [-0.2, -0.15) is 0 Å². The minimum absolute atomic E-state index is 0.0342. The Hall–Kier alpha value is -1.39. The van der Waals surface area contributed by atoms with E-state index in [0.29, 0.717) is 24.3 Å². The van der Waals surface area contributed by atoms with Crippen molar-refractivity contribution in [1.82, 2.24) is 4.90 Å². The second kappa shape index (κ2) is 5.54. The SMILES string of the molecule is CC(=O)c1ccc(O)c(CN2CCOC3CCCC32)c1. The quantitative estimate of drug-likeness (QED) is 0.860. The standard InChI is InChI=1S/C16H21NO3/c1-11(18)12-5-6-15(19)13(9-12)10-17-7-8-20-16-4-2-3-14(16)17/h5-6,9,14,16,19H,2-4,7-8,10H2,1H3. The maximum absolute atomic E-state index is 11.5. The summed E-state index contributed by atoms with van der Waals surface area (Å²) in [5.41, 5.74) is 1.50. The number of hydrogen-bond donors (Lipinski definition) is 1. The fourth-order valence-electron chi connectivity index (χ4n) is 3.35. The first-order valence-corrected chi connectivity index (χ1v) is 7.33. The van der Waals surface area contributed by atoms with Gasteiger partial charge >= 0.3 is 0 Å². The number of Topliss-reactive ketones (excluding diaryl/α,β-unsaturated/α-hetero) is 1. The maximum Gasteiger partial charge on any atom is 0.159 e. The number of carbonyl (C=O) groups is 1. The number of phenols is 1. The average molecular weight is 275 g/mol. The second-order valence-corrected chi connectivity index (χ2v) is 5.78. The minimum Gasteiger partial charge on any atom is -0.508 e. The summed E-state index contributed by atoms with van der Waals surface area (Å²) >= 11 is 0. The summed E-state index contributed by atoms with van der Waals surface area (Å²) in [5, 5.41) is 10.0. The number of rotatable bonds is 3. The summed E-state index contributed by atoms with van der Waals surface area (Å²) < 4.78 is 5.80. The van der Waals surface area contributed by atoms with Crippen molar-refractivity contribution >= 4 is 5.78 Å². The van der Waals surface area contributed by atoms with Crippen LogP contribution in [0.1, 0.15) is 42.1 Å². The number of fused-ring (bicyclic) bond motifs is 1. The molecule has 20 heavy (non-hydrogen) atoms. The molecule has 2 fully saturated rings. The molecule has 2 unspecified atom stereocenters. The minimum atomic E-state index is 0.0342. The molecule has 1 heterocycles. The lowest BCUT2D eigenvalue weighted by Gasteiger charge is -2.37. The van der Waals surface area contributed by atoms with Gasteiger partial charge in [0, 0.05) is 30.3 Å². The molecule has 0 radical (unpaired) electrons. The molecular weight excluding hydrogens is 254 g/mol. The van der Waals surface area contributed by atoms with Crippen LogP contribution in [0.4, 0.5) is 0 Å². The van der Waals surface area contributed by atoms with Crippen molar-refractivity contribution in [2.75, 3.05) is 13.2 Å². The zero-order chi connectivity index (χ0) is 14.1. The van der Waals surface area contributed by atoms with Crippen molar-refractivity contribution in [3.8, 4) is 5.75 Å². The van der Waals surface area contributed by atoms with Gasteiger partial charge in [-0.05, 0) is 44.4 Å². The highest BCUT2D eigenvalue weighted by atomic mass is 16.5. The van der Waals surface area contributed by atoms with E-state index in [-0.39, 0.29) is 11.5 Å².